The number of amides is 1. The summed E-state index contributed by atoms with van der Waals surface area (Å²) >= 11 is 3.27. The maximum absolute atomic E-state index is 12.0. The van der Waals surface area contributed by atoms with Gasteiger partial charge in [-0.2, -0.15) is 0 Å². The van der Waals surface area contributed by atoms with Crippen LogP contribution in [0.5, 0.6) is 0 Å². The van der Waals surface area contributed by atoms with Gasteiger partial charge >= 0.3 is 0 Å². The van der Waals surface area contributed by atoms with Crippen LogP contribution in [0.1, 0.15) is 37.0 Å². The molecule has 1 saturated carbocycles. The third-order valence-electron chi connectivity index (χ3n) is 3.77. The number of carbonyl (C=O) groups excluding carboxylic acids is 1. The van der Waals surface area contributed by atoms with Crippen LogP contribution < -0.4 is 5.32 Å². The predicted octanol–water partition coefficient (Wildman–Crippen LogP) is 3.01. The van der Waals surface area contributed by atoms with E-state index in [2.05, 4.69) is 40.1 Å². The lowest BCUT2D eigenvalue weighted by molar-refractivity contribution is 0.0927. The van der Waals surface area contributed by atoms with E-state index in [1.54, 1.807) is 18.3 Å². The summed E-state index contributed by atoms with van der Waals surface area (Å²) in [5.41, 5.74) is 0.665. The standard InChI is InChI=1S/C13H17BrN2O/c1-8-3-4-11(9(8)2)16-13(17)10-5-6-15-12(14)7-10/h5-9,11H,3-4H2,1-2H3,(H,16,17). The molecular weight excluding hydrogens is 280 g/mol. The zero-order valence-electron chi connectivity index (χ0n) is 10.1. The normalized spacial score (nSPS) is 28.1. The second-order valence-electron chi connectivity index (χ2n) is 4.86. The van der Waals surface area contributed by atoms with Gasteiger partial charge in [0, 0.05) is 17.8 Å². The van der Waals surface area contributed by atoms with Crippen molar-refractivity contribution >= 4 is 21.8 Å². The van der Waals surface area contributed by atoms with E-state index in [4.69, 9.17) is 0 Å². The molecule has 0 radical (unpaired) electrons. The number of nitrogens with zero attached hydrogens (tertiary/aromatic N) is 1. The van der Waals surface area contributed by atoms with Crippen LogP contribution in [0.3, 0.4) is 0 Å². The Morgan fingerprint density at radius 1 is 1.47 bits per heavy atom. The number of pyridine rings is 1. The molecule has 0 aliphatic heterocycles. The topological polar surface area (TPSA) is 42.0 Å². The van der Waals surface area contributed by atoms with Crippen LogP contribution in [0.4, 0.5) is 0 Å². The average molecular weight is 297 g/mol. The Labute approximate surface area is 110 Å². The second-order valence-corrected chi connectivity index (χ2v) is 5.67. The lowest BCUT2D eigenvalue weighted by atomic mass is 9.97. The van der Waals surface area contributed by atoms with Gasteiger partial charge in [0.25, 0.3) is 5.91 Å². The number of hydrogen-bond donors (Lipinski definition) is 1. The molecule has 1 amide bonds. The van der Waals surface area contributed by atoms with Crippen molar-refractivity contribution in [2.45, 2.75) is 32.7 Å². The van der Waals surface area contributed by atoms with E-state index in [1.165, 1.54) is 6.42 Å². The van der Waals surface area contributed by atoms with Crippen LogP contribution in [0, 0.1) is 11.8 Å². The van der Waals surface area contributed by atoms with Crippen molar-refractivity contribution in [3.8, 4) is 0 Å². The first-order valence-corrected chi connectivity index (χ1v) is 6.79. The third kappa shape index (κ3) is 2.86. The van der Waals surface area contributed by atoms with E-state index in [0.717, 1.165) is 6.42 Å². The maximum Gasteiger partial charge on any atom is 0.251 e. The van der Waals surface area contributed by atoms with Gasteiger partial charge in [0.2, 0.25) is 0 Å². The fourth-order valence-electron chi connectivity index (χ4n) is 2.36. The number of nitrogens with one attached hydrogen (secondary N) is 1. The lowest BCUT2D eigenvalue weighted by Gasteiger charge is -2.19. The summed E-state index contributed by atoms with van der Waals surface area (Å²) in [5.74, 6) is 1.26. The molecule has 1 aliphatic carbocycles. The Morgan fingerprint density at radius 2 is 2.24 bits per heavy atom. The Kier molecular flexibility index (Phi) is 3.82. The number of aromatic nitrogens is 1. The Bertz CT molecular complexity index is 422. The molecular formula is C13H17BrN2O. The fraction of sp³-hybridized carbons (Fsp3) is 0.538. The molecule has 17 heavy (non-hydrogen) atoms. The SMILES string of the molecule is CC1CCC(NC(=O)c2ccnc(Br)c2)C1C. The van der Waals surface area contributed by atoms with Gasteiger partial charge in [0.05, 0.1) is 0 Å². The van der Waals surface area contributed by atoms with Gasteiger partial charge < -0.3 is 5.32 Å². The first-order chi connectivity index (χ1) is 8.08. The minimum Gasteiger partial charge on any atom is -0.349 e. The zero-order valence-corrected chi connectivity index (χ0v) is 11.7. The monoisotopic (exact) mass is 296 g/mol. The molecule has 1 fully saturated rings. The van der Waals surface area contributed by atoms with E-state index < -0.39 is 0 Å². The molecule has 1 aliphatic rings. The minimum atomic E-state index is -0.000880. The molecule has 3 atom stereocenters. The lowest BCUT2D eigenvalue weighted by Crippen LogP contribution is -2.37. The molecule has 3 unspecified atom stereocenters. The van der Waals surface area contributed by atoms with Crippen LogP contribution in [0.2, 0.25) is 0 Å². The molecule has 1 aromatic heterocycles. The van der Waals surface area contributed by atoms with Crippen LogP contribution in [-0.2, 0) is 0 Å². The second kappa shape index (κ2) is 5.17. The molecule has 3 nitrogen and oxygen atoms in total. The van der Waals surface area contributed by atoms with Gasteiger partial charge in [-0.05, 0) is 52.7 Å². The van der Waals surface area contributed by atoms with Crippen molar-refractivity contribution in [1.82, 2.24) is 10.3 Å². The number of carbonyl (C=O) groups is 1. The van der Waals surface area contributed by atoms with Crippen molar-refractivity contribution in [3.63, 3.8) is 0 Å². The van der Waals surface area contributed by atoms with Crippen LogP contribution in [0.15, 0.2) is 22.9 Å². The van der Waals surface area contributed by atoms with Crippen molar-refractivity contribution in [3.05, 3.63) is 28.5 Å². The molecule has 1 N–H and O–H groups in total. The Balaban J connectivity index is 2.02. The van der Waals surface area contributed by atoms with E-state index in [-0.39, 0.29) is 5.91 Å². The molecule has 0 bridgehead atoms. The molecule has 1 heterocycles. The summed E-state index contributed by atoms with van der Waals surface area (Å²) in [6.45, 7) is 4.46. The molecule has 0 aromatic carbocycles. The van der Waals surface area contributed by atoms with Crippen LogP contribution >= 0.6 is 15.9 Å². The number of halogens is 1. The van der Waals surface area contributed by atoms with Crippen molar-refractivity contribution in [2.75, 3.05) is 0 Å². The Morgan fingerprint density at radius 3 is 2.82 bits per heavy atom. The number of rotatable bonds is 2. The first-order valence-electron chi connectivity index (χ1n) is 6.00. The molecule has 4 heteroatoms. The molecule has 92 valence electrons. The van der Waals surface area contributed by atoms with Crippen LogP contribution in [-0.4, -0.2) is 16.9 Å². The zero-order chi connectivity index (χ0) is 12.4. The van der Waals surface area contributed by atoms with Gasteiger partial charge in [-0.1, -0.05) is 13.8 Å². The van der Waals surface area contributed by atoms with Gasteiger partial charge in [-0.3, -0.25) is 4.79 Å². The number of hydrogen-bond acceptors (Lipinski definition) is 2. The molecule has 2 rings (SSSR count). The highest BCUT2D eigenvalue weighted by molar-refractivity contribution is 9.10. The highest BCUT2D eigenvalue weighted by atomic mass is 79.9. The molecule has 0 spiro atoms. The van der Waals surface area contributed by atoms with Crippen molar-refractivity contribution < 1.29 is 4.79 Å². The van der Waals surface area contributed by atoms with E-state index in [0.29, 0.717) is 28.0 Å². The van der Waals surface area contributed by atoms with E-state index in [9.17, 15) is 4.79 Å². The van der Waals surface area contributed by atoms with Gasteiger partial charge in [-0.25, -0.2) is 4.98 Å². The summed E-state index contributed by atoms with van der Waals surface area (Å²) in [4.78, 5) is 16.1. The minimum absolute atomic E-state index is 0.000880. The highest BCUT2D eigenvalue weighted by Gasteiger charge is 2.30. The summed E-state index contributed by atoms with van der Waals surface area (Å²) in [6.07, 6.45) is 3.92. The Hall–Kier alpha value is -0.900. The fourth-order valence-corrected chi connectivity index (χ4v) is 2.73. The van der Waals surface area contributed by atoms with Crippen LogP contribution in [0.25, 0.3) is 0 Å². The van der Waals surface area contributed by atoms with Gasteiger partial charge in [0.15, 0.2) is 0 Å². The smallest absolute Gasteiger partial charge is 0.251 e. The summed E-state index contributed by atoms with van der Waals surface area (Å²) in [6, 6.07) is 3.80. The molecule has 0 saturated heterocycles. The summed E-state index contributed by atoms with van der Waals surface area (Å²) in [5, 5.41) is 3.12. The summed E-state index contributed by atoms with van der Waals surface area (Å²) in [7, 11) is 0. The van der Waals surface area contributed by atoms with Crippen molar-refractivity contribution in [2.24, 2.45) is 11.8 Å². The maximum atomic E-state index is 12.0. The first kappa shape index (κ1) is 12.6. The third-order valence-corrected chi connectivity index (χ3v) is 4.20. The summed E-state index contributed by atoms with van der Waals surface area (Å²) < 4.78 is 0.693. The molecule has 1 aromatic rings. The quantitative estimate of drug-likeness (QED) is 0.853. The van der Waals surface area contributed by atoms with Gasteiger partial charge in [0.1, 0.15) is 4.60 Å². The van der Waals surface area contributed by atoms with Crippen molar-refractivity contribution in [1.29, 1.82) is 0 Å². The van der Waals surface area contributed by atoms with Gasteiger partial charge in [-0.15, -0.1) is 0 Å². The van der Waals surface area contributed by atoms with E-state index in [1.807, 2.05) is 0 Å². The van der Waals surface area contributed by atoms with E-state index >= 15 is 0 Å². The largest absolute Gasteiger partial charge is 0.349 e. The average Bonchev–Trinajstić information content (AvgIpc) is 2.61. The predicted molar refractivity (Wildman–Crippen MR) is 70.8 cm³/mol. The highest BCUT2D eigenvalue weighted by Crippen LogP contribution is 2.31.